The van der Waals surface area contributed by atoms with Crippen LogP contribution in [0, 0.1) is 6.92 Å². The first kappa shape index (κ1) is 15.8. The van der Waals surface area contributed by atoms with Gasteiger partial charge in [-0.15, -0.1) is 0 Å². The Morgan fingerprint density at radius 1 is 1.30 bits per heavy atom. The average Bonchev–Trinajstić information content (AvgIpc) is 2.91. The summed E-state index contributed by atoms with van der Waals surface area (Å²) in [7, 11) is 1.88. The number of nitrogens with zero attached hydrogens (tertiary/aromatic N) is 3. The first-order valence-electron chi connectivity index (χ1n) is 8.16. The molecule has 0 aliphatic carbocycles. The van der Waals surface area contributed by atoms with Crippen LogP contribution in [0.15, 0.2) is 30.6 Å². The van der Waals surface area contributed by atoms with Crippen LogP contribution in [0.25, 0.3) is 0 Å². The van der Waals surface area contributed by atoms with E-state index in [1.165, 1.54) is 16.7 Å². The van der Waals surface area contributed by atoms with E-state index in [0.29, 0.717) is 6.54 Å². The van der Waals surface area contributed by atoms with Crippen molar-refractivity contribution in [2.75, 3.05) is 0 Å². The average molecular weight is 311 g/mol. The number of carbonyl (C=O) groups is 1. The molecule has 0 saturated carbocycles. The van der Waals surface area contributed by atoms with Gasteiger partial charge in [0.2, 0.25) is 5.91 Å². The molecule has 0 radical (unpaired) electrons. The van der Waals surface area contributed by atoms with E-state index in [1.54, 1.807) is 10.9 Å². The Morgan fingerprint density at radius 3 is 2.70 bits per heavy atom. The normalized spacial score (nSPS) is 17.7. The lowest BCUT2D eigenvalue weighted by atomic mass is 9.84. The van der Waals surface area contributed by atoms with Gasteiger partial charge in [-0.05, 0) is 45.2 Å². The number of fused-ring (bicyclic) bond motifs is 1. The molecule has 1 atom stereocenters. The molecule has 3 rings (SSSR count). The number of rotatable bonds is 2. The number of carbonyl (C=O) groups excluding carboxylic acids is 1. The van der Waals surface area contributed by atoms with Crippen molar-refractivity contribution in [2.45, 2.75) is 52.1 Å². The second-order valence-corrected chi connectivity index (χ2v) is 7.35. The molecule has 23 heavy (non-hydrogen) atoms. The van der Waals surface area contributed by atoms with Crippen LogP contribution in [0.2, 0.25) is 0 Å². The molecular formula is C19H25N3O. The van der Waals surface area contributed by atoms with Gasteiger partial charge in [-0.3, -0.25) is 9.48 Å². The van der Waals surface area contributed by atoms with E-state index in [1.807, 2.05) is 25.1 Å². The van der Waals surface area contributed by atoms with E-state index < -0.39 is 0 Å². The minimum absolute atomic E-state index is 0.171. The molecule has 0 fully saturated rings. The van der Waals surface area contributed by atoms with Gasteiger partial charge in [0, 0.05) is 30.9 Å². The van der Waals surface area contributed by atoms with Gasteiger partial charge in [-0.1, -0.05) is 23.8 Å². The number of amides is 1. The quantitative estimate of drug-likeness (QED) is 0.854. The highest BCUT2D eigenvalue weighted by atomic mass is 16.2. The predicted molar refractivity (Wildman–Crippen MR) is 91.1 cm³/mol. The van der Waals surface area contributed by atoms with E-state index in [0.717, 1.165) is 12.0 Å². The second-order valence-electron chi connectivity index (χ2n) is 7.35. The molecule has 1 aromatic carbocycles. The van der Waals surface area contributed by atoms with Gasteiger partial charge in [0.15, 0.2) is 0 Å². The minimum Gasteiger partial charge on any atom is -0.332 e. The van der Waals surface area contributed by atoms with Gasteiger partial charge in [0.05, 0.1) is 12.1 Å². The molecule has 1 aliphatic rings. The van der Waals surface area contributed by atoms with Crippen molar-refractivity contribution in [3.05, 3.63) is 52.8 Å². The van der Waals surface area contributed by atoms with Gasteiger partial charge >= 0.3 is 0 Å². The molecule has 0 unspecified atom stereocenters. The lowest BCUT2D eigenvalue weighted by Crippen LogP contribution is -2.52. The zero-order valence-corrected chi connectivity index (χ0v) is 14.6. The predicted octanol–water partition coefficient (Wildman–Crippen LogP) is 3.20. The maximum Gasteiger partial charge on any atom is 0.230 e. The first-order chi connectivity index (χ1) is 10.8. The number of aryl methyl sites for hydroxylation is 2. The van der Waals surface area contributed by atoms with Crippen LogP contribution in [0.4, 0.5) is 0 Å². The van der Waals surface area contributed by atoms with Crippen LogP contribution < -0.4 is 0 Å². The van der Waals surface area contributed by atoms with Crippen LogP contribution in [-0.2, 0) is 24.8 Å². The monoisotopic (exact) mass is 311 g/mol. The van der Waals surface area contributed by atoms with Crippen LogP contribution in [0.3, 0.4) is 0 Å². The Bertz CT molecular complexity index is 745. The molecule has 1 aliphatic heterocycles. The van der Waals surface area contributed by atoms with Gasteiger partial charge in [0.25, 0.3) is 0 Å². The van der Waals surface area contributed by atoms with Crippen molar-refractivity contribution in [3.8, 4) is 0 Å². The molecule has 0 N–H and O–H groups in total. The lowest BCUT2D eigenvalue weighted by Gasteiger charge is -2.44. The number of hydrogen-bond donors (Lipinski definition) is 0. The van der Waals surface area contributed by atoms with Gasteiger partial charge in [-0.2, -0.15) is 5.10 Å². The molecule has 0 saturated heterocycles. The van der Waals surface area contributed by atoms with E-state index in [2.05, 4.69) is 44.1 Å². The van der Waals surface area contributed by atoms with Crippen LogP contribution in [-0.4, -0.2) is 26.1 Å². The molecule has 1 aromatic heterocycles. The smallest absolute Gasteiger partial charge is 0.230 e. The van der Waals surface area contributed by atoms with Gasteiger partial charge in [-0.25, -0.2) is 0 Å². The van der Waals surface area contributed by atoms with E-state index in [4.69, 9.17) is 0 Å². The van der Waals surface area contributed by atoms with Crippen LogP contribution in [0.1, 0.15) is 48.9 Å². The third kappa shape index (κ3) is 2.90. The number of benzene rings is 1. The fraction of sp³-hybridized carbons (Fsp3) is 0.474. The highest BCUT2D eigenvalue weighted by Gasteiger charge is 2.38. The molecule has 122 valence electrons. The molecule has 2 heterocycles. The van der Waals surface area contributed by atoms with Crippen molar-refractivity contribution in [2.24, 2.45) is 7.05 Å². The molecule has 4 heteroatoms. The summed E-state index contributed by atoms with van der Waals surface area (Å²) in [6.07, 6.45) is 4.61. The molecule has 1 amide bonds. The molecule has 0 spiro atoms. The summed E-state index contributed by atoms with van der Waals surface area (Å²) < 4.78 is 1.75. The van der Waals surface area contributed by atoms with Crippen molar-refractivity contribution in [1.29, 1.82) is 0 Å². The van der Waals surface area contributed by atoms with Crippen molar-refractivity contribution >= 4 is 5.91 Å². The summed E-state index contributed by atoms with van der Waals surface area (Å²) >= 11 is 0. The van der Waals surface area contributed by atoms with Crippen LogP contribution >= 0.6 is 0 Å². The summed E-state index contributed by atoms with van der Waals surface area (Å²) in [5.74, 6) is 0.00416. The highest BCUT2D eigenvalue weighted by Crippen LogP contribution is 2.33. The topological polar surface area (TPSA) is 38.1 Å². The summed E-state index contributed by atoms with van der Waals surface area (Å²) in [6, 6.07) is 6.57. The zero-order chi connectivity index (χ0) is 16.8. The van der Waals surface area contributed by atoms with E-state index >= 15 is 0 Å². The Balaban J connectivity index is 1.90. The summed E-state index contributed by atoms with van der Waals surface area (Å²) in [5, 5.41) is 4.20. The summed E-state index contributed by atoms with van der Waals surface area (Å²) in [6.45, 7) is 9.08. The maximum atomic E-state index is 13.1. The number of hydrogen-bond acceptors (Lipinski definition) is 2. The van der Waals surface area contributed by atoms with Crippen molar-refractivity contribution < 1.29 is 4.79 Å². The minimum atomic E-state index is -0.172. The fourth-order valence-corrected chi connectivity index (χ4v) is 3.44. The Hall–Kier alpha value is -2.10. The Morgan fingerprint density at radius 2 is 2.04 bits per heavy atom. The Labute approximate surface area is 138 Å². The van der Waals surface area contributed by atoms with Crippen molar-refractivity contribution in [3.63, 3.8) is 0 Å². The molecule has 2 aromatic rings. The standard InChI is InChI=1S/C19H25N3O/c1-13-6-7-15-9-19(3,4)22(12-16(15)8-13)18(23)14(2)17-10-20-21(5)11-17/h6-8,10-11,14H,9,12H2,1-5H3/t14-/m1/s1. The molecular weight excluding hydrogens is 286 g/mol. The first-order valence-corrected chi connectivity index (χ1v) is 8.16. The highest BCUT2D eigenvalue weighted by molar-refractivity contribution is 5.84. The number of aromatic nitrogens is 2. The van der Waals surface area contributed by atoms with Crippen LogP contribution in [0.5, 0.6) is 0 Å². The SMILES string of the molecule is Cc1ccc2c(c1)CN(C(=O)[C@H](C)c1cnn(C)c1)C(C)(C)C2. The second kappa shape index (κ2) is 5.52. The zero-order valence-electron chi connectivity index (χ0n) is 14.6. The summed E-state index contributed by atoms with van der Waals surface area (Å²) in [4.78, 5) is 15.1. The van der Waals surface area contributed by atoms with Gasteiger partial charge in [0.1, 0.15) is 0 Å². The third-order valence-corrected chi connectivity index (χ3v) is 4.91. The lowest BCUT2D eigenvalue weighted by molar-refractivity contribution is -0.139. The Kier molecular flexibility index (Phi) is 3.78. The molecule has 4 nitrogen and oxygen atoms in total. The molecule has 0 bridgehead atoms. The maximum absolute atomic E-state index is 13.1. The largest absolute Gasteiger partial charge is 0.332 e. The third-order valence-electron chi connectivity index (χ3n) is 4.91. The van der Waals surface area contributed by atoms with E-state index in [9.17, 15) is 4.79 Å². The summed E-state index contributed by atoms with van der Waals surface area (Å²) in [5.41, 5.74) is 4.68. The van der Waals surface area contributed by atoms with Crippen molar-refractivity contribution in [1.82, 2.24) is 14.7 Å². The van der Waals surface area contributed by atoms with E-state index in [-0.39, 0.29) is 17.4 Å². The van der Waals surface area contributed by atoms with Gasteiger partial charge < -0.3 is 4.90 Å². The fourth-order valence-electron chi connectivity index (χ4n) is 3.44.